The lowest BCUT2D eigenvalue weighted by Gasteiger charge is -2.24. The van der Waals surface area contributed by atoms with Crippen molar-refractivity contribution < 1.29 is 22.3 Å². The van der Waals surface area contributed by atoms with Gasteiger partial charge in [-0.1, -0.05) is 6.07 Å². The van der Waals surface area contributed by atoms with Crippen molar-refractivity contribution in [3.63, 3.8) is 0 Å². The fourth-order valence-corrected chi connectivity index (χ4v) is 3.79. The van der Waals surface area contributed by atoms with Gasteiger partial charge < -0.3 is 10.4 Å². The van der Waals surface area contributed by atoms with E-state index in [2.05, 4.69) is 5.32 Å². The van der Waals surface area contributed by atoms with E-state index in [1.165, 1.54) is 6.07 Å². The van der Waals surface area contributed by atoms with Crippen LogP contribution in [-0.2, 0) is 9.84 Å². The van der Waals surface area contributed by atoms with Crippen molar-refractivity contribution >= 4 is 9.84 Å². The first-order valence-corrected chi connectivity index (χ1v) is 8.27. The average molecular weight is 305 g/mol. The molecule has 20 heavy (non-hydrogen) atoms. The number of nitrogens with one attached hydrogen (secondary N) is 1. The summed E-state index contributed by atoms with van der Waals surface area (Å²) in [5.41, 5.74) is -0.358. The Balaban J connectivity index is 1.91. The Labute approximate surface area is 116 Å². The highest BCUT2D eigenvalue weighted by molar-refractivity contribution is 7.91. The van der Waals surface area contributed by atoms with Crippen LogP contribution in [0.3, 0.4) is 0 Å². The fraction of sp³-hybridized carbons (Fsp3) is 0.538. The summed E-state index contributed by atoms with van der Waals surface area (Å²) in [4.78, 5) is 0. The molecule has 7 heteroatoms. The van der Waals surface area contributed by atoms with Crippen molar-refractivity contribution in [1.82, 2.24) is 5.32 Å². The Morgan fingerprint density at radius 2 is 1.80 bits per heavy atom. The van der Waals surface area contributed by atoms with E-state index in [0.717, 1.165) is 12.1 Å². The SMILES string of the molecule is O=S1(=O)CCC(NCC(O)c2c(F)cccc2F)CC1. The molecule has 1 unspecified atom stereocenters. The maximum atomic E-state index is 13.5. The molecule has 0 bridgehead atoms. The van der Waals surface area contributed by atoms with E-state index in [-0.39, 0.29) is 29.7 Å². The topological polar surface area (TPSA) is 66.4 Å². The number of benzene rings is 1. The average Bonchev–Trinajstić information content (AvgIpc) is 2.37. The quantitative estimate of drug-likeness (QED) is 0.876. The van der Waals surface area contributed by atoms with Crippen molar-refractivity contribution in [3.05, 3.63) is 35.4 Å². The van der Waals surface area contributed by atoms with Crippen molar-refractivity contribution in [2.45, 2.75) is 25.0 Å². The smallest absolute Gasteiger partial charge is 0.150 e. The summed E-state index contributed by atoms with van der Waals surface area (Å²) in [7, 11) is -2.94. The molecule has 1 heterocycles. The lowest BCUT2D eigenvalue weighted by atomic mass is 10.1. The van der Waals surface area contributed by atoms with E-state index in [4.69, 9.17) is 0 Å². The van der Waals surface area contributed by atoms with Gasteiger partial charge in [0.2, 0.25) is 0 Å². The summed E-state index contributed by atoms with van der Waals surface area (Å²) in [6, 6.07) is 3.37. The van der Waals surface area contributed by atoms with Gasteiger partial charge >= 0.3 is 0 Å². The minimum atomic E-state index is -2.94. The van der Waals surface area contributed by atoms with Crippen LogP contribution in [0.5, 0.6) is 0 Å². The third-order valence-corrected chi connectivity index (χ3v) is 5.20. The normalized spacial score (nSPS) is 20.8. The number of aliphatic hydroxyl groups is 1. The van der Waals surface area contributed by atoms with Crippen molar-refractivity contribution in [2.24, 2.45) is 0 Å². The van der Waals surface area contributed by atoms with Crippen LogP contribution in [0.4, 0.5) is 8.78 Å². The maximum absolute atomic E-state index is 13.5. The Hall–Kier alpha value is -1.05. The maximum Gasteiger partial charge on any atom is 0.150 e. The van der Waals surface area contributed by atoms with Crippen LogP contribution in [0.25, 0.3) is 0 Å². The van der Waals surface area contributed by atoms with E-state index in [0.29, 0.717) is 12.8 Å². The van der Waals surface area contributed by atoms with Crippen LogP contribution < -0.4 is 5.32 Å². The van der Waals surface area contributed by atoms with E-state index in [1.54, 1.807) is 0 Å². The third-order valence-electron chi connectivity index (χ3n) is 3.49. The highest BCUT2D eigenvalue weighted by Gasteiger charge is 2.24. The molecule has 0 aliphatic carbocycles. The van der Waals surface area contributed by atoms with Gasteiger partial charge in [-0.3, -0.25) is 0 Å². The zero-order valence-electron chi connectivity index (χ0n) is 10.9. The van der Waals surface area contributed by atoms with Crippen LogP contribution >= 0.6 is 0 Å². The van der Waals surface area contributed by atoms with Crippen LogP contribution in [-0.4, -0.2) is 37.6 Å². The molecule has 0 saturated carbocycles. The summed E-state index contributed by atoms with van der Waals surface area (Å²) in [5, 5.41) is 12.8. The van der Waals surface area contributed by atoms with E-state index >= 15 is 0 Å². The predicted molar refractivity (Wildman–Crippen MR) is 71.0 cm³/mol. The van der Waals surface area contributed by atoms with E-state index in [9.17, 15) is 22.3 Å². The molecule has 2 rings (SSSR count). The molecule has 1 aliphatic heterocycles. The molecule has 1 aromatic rings. The van der Waals surface area contributed by atoms with Crippen LogP contribution in [0, 0.1) is 11.6 Å². The van der Waals surface area contributed by atoms with Crippen molar-refractivity contribution in [1.29, 1.82) is 0 Å². The molecule has 0 spiro atoms. The second-order valence-electron chi connectivity index (χ2n) is 4.99. The third kappa shape index (κ3) is 3.74. The molecule has 1 saturated heterocycles. The Morgan fingerprint density at radius 1 is 1.25 bits per heavy atom. The number of hydrogen-bond donors (Lipinski definition) is 2. The first kappa shape index (κ1) is 15.3. The minimum Gasteiger partial charge on any atom is -0.387 e. The second kappa shape index (κ2) is 6.15. The summed E-state index contributed by atoms with van der Waals surface area (Å²) in [6.45, 7) is -0.0113. The van der Waals surface area contributed by atoms with E-state index in [1.807, 2.05) is 0 Å². The molecular formula is C13H17F2NO3S. The molecule has 1 atom stereocenters. The first-order valence-electron chi connectivity index (χ1n) is 6.45. The summed E-state index contributed by atoms with van der Waals surface area (Å²) in [6.07, 6.45) is -0.390. The summed E-state index contributed by atoms with van der Waals surface area (Å²) < 4.78 is 49.5. The minimum absolute atomic E-state index is 0.0113. The zero-order valence-corrected chi connectivity index (χ0v) is 11.7. The molecule has 0 aromatic heterocycles. The molecule has 0 amide bonds. The highest BCUT2D eigenvalue weighted by Crippen LogP contribution is 2.21. The van der Waals surface area contributed by atoms with Gasteiger partial charge in [0, 0.05) is 12.6 Å². The Kier molecular flexibility index (Phi) is 4.72. The van der Waals surface area contributed by atoms with Gasteiger partial charge in [-0.25, -0.2) is 17.2 Å². The molecule has 1 aliphatic rings. The van der Waals surface area contributed by atoms with Gasteiger partial charge in [0.15, 0.2) is 0 Å². The highest BCUT2D eigenvalue weighted by atomic mass is 32.2. The zero-order chi connectivity index (χ0) is 14.8. The van der Waals surface area contributed by atoms with Gasteiger partial charge in [0.05, 0.1) is 23.2 Å². The number of halogens is 2. The second-order valence-corrected chi connectivity index (χ2v) is 7.29. The van der Waals surface area contributed by atoms with E-state index < -0.39 is 27.6 Å². The summed E-state index contributed by atoms with van der Waals surface area (Å²) >= 11 is 0. The van der Waals surface area contributed by atoms with Gasteiger partial charge in [0.25, 0.3) is 0 Å². The molecular weight excluding hydrogens is 288 g/mol. The first-order chi connectivity index (χ1) is 9.39. The molecule has 2 N–H and O–H groups in total. The Morgan fingerprint density at radius 3 is 2.35 bits per heavy atom. The monoisotopic (exact) mass is 305 g/mol. The number of hydrogen-bond acceptors (Lipinski definition) is 4. The van der Waals surface area contributed by atoms with Gasteiger partial charge in [-0.2, -0.15) is 0 Å². The van der Waals surface area contributed by atoms with Crippen LogP contribution in [0.15, 0.2) is 18.2 Å². The molecule has 0 radical (unpaired) electrons. The molecule has 112 valence electrons. The van der Waals surface area contributed by atoms with Gasteiger partial charge in [0.1, 0.15) is 21.5 Å². The number of sulfone groups is 1. The molecule has 4 nitrogen and oxygen atoms in total. The standard InChI is InChI=1S/C13H17F2NO3S/c14-10-2-1-3-11(15)13(10)12(17)8-16-9-4-6-20(18,19)7-5-9/h1-3,9,12,16-17H,4-8H2. The Bertz CT molecular complexity index is 543. The largest absolute Gasteiger partial charge is 0.387 e. The predicted octanol–water partition coefficient (Wildman–Crippen LogP) is 1.17. The van der Waals surface area contributed by atoms with Crippen LogP contribution in [0.1, 0.15) is 24.5 Å². The van der Waals surface area contributed by atoms with Gasteiger partial charge in [-0.15, -0.1) is 0 Å². The van der Waals surface area contributed by atoms with Gasteiger partial charge in [-0.05, 0) is 25.0 Å². The fourth-order valence-electron chi connectivity index (χ4n) is 2.30. The number of rotatable bonds is 4. The lowest BCUT2D eigenvalue weighted by Crippen LogP contribution is -2.39. The van der Waals surface area contributed by atoms with Crippen molar-refractivity contribution in [2.75, 3.05) is 18.1 Å². The van der Waals surface area contributed by atoms with Crippen molar-refractivity contribution in [3.8, 4) is 0 Å². The molecule has 1 fully saturated rings. The number of aliphatic hydroxyl groups excluding tert-OH is 1. The summed E-state index contributed by atoms with van der Waals surface area (Å²) in [5.74, 6) is -1.36. The van der Waals surface area contributed by atoms with Crippen LogP contribution in [0.2, 0.25) is 0 Å². The lowest BCUT2D eigenvalue weighted by molar-refractivity contribution is 0.159. The molecule has 1 aromatic carbocycles.